The summed E-state index contributed by atoms with van der Waals surface area (Å²) in [5, 5.41) is 3.60. The summed E-state index contributed by atoms with van der Waals surface area (Å²) in [6.07, 6.45) is 4.63. The zero-order valence-corrected chi connectivity index (χ0v) is 10.5. The van der Waals surface area contributed by atoms with Crippen molar-refractivity contribution in [1.82, 2.24) is 5.32 Å². The molecule has 17 heavy (non-hydrogen) atoms. The molecular weight excluding hydrogens is 234 g/mol. The highest BCUT2D eigenvalue weighted by molar-refractivity contribution is 6.30. The van der Waals surface area contributed by atoms with Gasteiger partial charge in [-0.3, -0.25) is 4.79 Å². The van der Waals surface area contributed by atoms with Gasteiger partial charge in [0.05, 0.1) is 5.41 Å². The van der Waals surface area contributed by atoms with E-state index in [9.17, 15) is 4.79 Å². The zero-order chi connectivity index (χ0) is 12.3. The second-order valence-corrected chi connectivity index (χ2v) is 4.88. The number of amides is 1. The molecule has 1 aliphatic carbocycles. The summed E-state index contributed by atoms with van der Waals surface area (Å²) in [5.74, 6) is 0.103. The Kier molecular flexibility index (Phi) is 3.53. The molecule has 2 nitrogen and oxygen atoms in total. The minimum atomic E-state index is -0.340. The fourth-order valence-corrected chi connectivity index (χ4v) is 2.41. The van der Waals surface area contributed by atoms with Crippen molar-refractivity contribution in [3.8, 4) is 0 Å². The molecule has 90 valence electrons. The average Bonchev–Trinajstić information content (AvgIpc) is 2.27. The van der Waals surface area contributed by atoms with Crippen molar-refractivity contribution in [3.63, 3.8) is 0 Å². The van der Waals surface area contributed by atoms with Crippen LogP contribution in [0.2, 0.25) is 5.02 Å². The molecule has 1 saturated carbocycles. The van der Waals surface area contributed by atoms with Gasteiger partial charge in [-0.15, -0.1) is 6.58 Å². The van der Waals surface area contributed by atoms with E-state index < -0.39 is 0 Å². The predicted molar refractivity (Wildman–Crippen MR) is 70.2 cm³/mol. The van der Waals surface area contributed by atoms with Crippen LogP contribution >= 0.6 is 11.6 Å². The first-order valence-corrected chi connectivity index (χ1v) is 6.22. The van der Waals surface area contributed by atoms with Gasteiger partial charge in [0.15, 0.2) is 0 Å². The van der Waals surface area contributed by atoms with Crippen LogP contribution in [0.25, 0.3) is 0 Å². The number of halogens is 1. The molecule has 1 aromatic carbocycles. The molecule has 0 aliphatic heterocycles. The fourth-order valence-electron chi connectivity index (χ4n) is 2.28. The van der Waals surface area contributed by atoms with E-state index in [0.29, 0.717) is 11.6 Å². The maximum atomic E-state index is 12.2. The summed E-state index contributed by atoms with van der Waals surface area (Å²) < 4.78 is 0. The number of hydrogen-bond donors (Lipinski definition) is 1. The Bertz CT molecular complexity index is 420. The highest BCUT2D eigenvalue weighted by Gasteiger charge is 2.45. The Balaban J connectivity index is 2.22. The minimum Gasteiger partial charge on any atom is -0.352 e. The number of rotatable bonds is 4. The maximum absolute atomic E-state index is 12.2. The lowest BCUT2D eigenvalue weighted by Gasteiger charge is -2.40. The van der Waals surface area contributed by atoms with Crippen LogP contribution in [0.4, 0.5) is 0 Å². The van der Waals surface area contributed by atoms with Crippen molar-refractivity contribution in [2.24, 2.45) is 0 Å². The summed E-state index contributed by atoms with van der Waals surface area (Å²) in [7, 11) is 0. The van der Waals surface area contributed by atoms with Crippen molar-refractivity contribution in [3.05, 3.63) is 47.5 Å². The lowest BCUT2D eigenvalue weighted by atomic mass is 9.64. The summed E-state index contributed by atoms with van der Waals surface area (Å²) in [4.78, 5) is 12.2. The molecule has 0 aromatic heterocycles. The van der Waals surface area contributed by atoms with E-state index in [0.717, 1.165) is 24.8 Å². The molecule has 1 amide bonds. The van der Waals surface area contributed by atoms with Crippen LogP contribution in [0.3, 0.4) is 0 Å². The van der Waals surface area contributed by atoms with Gasteiger partial charge >= 0.3 is 0 Å². The third-order valence-electron chi connectivity index (χ3n) is 3.45. The van der Waals surface area contributed by atoms with Gasteiger partial charge in [0.1, 0.15) is 0 Å². The van der Waals surface area contributed by atoms with Gasteiger partial charge in [-0.05, 0) is 30.5 Å². The highest BCUT2D eigenvalue weighted by Crippen LogP contribution is 2.44. The molecule has 0 heterocycles. The molecule has 0 radical (unpaired) electrons. The van der Waals surface area contributed by atoms with Crippen LogP contribution in [-0.2, 0) is 10.2 Å². The van der Waals surface area contributed by atoms with Crippen LogP contribution in [0.15, 0.2) is 36.9 Å². The van der Waals surface area contributed by atoms with Crippen molar-refractivity contribution in [2.45, 2.75) is 24.7 Å². The van der Waals surface area contributed by atoms with Crippen molar-refractivity contribution in [1.29, 1.82) is 0 Å². The first-order chi connectivity index (χ1) is 8.19. The lowest BCUT2D eigenvalue weighted by molar-refractivity contribution is -0.129. The Morgan fingerprint density at radius 3 is 2.53 bits per heavy atom. The normalized spacial score (nSPS) is 17.0. The standard InChI is InChI=1S/C14H16ClNO/c1-2-10-16-13(17)14(8-3-9-14)11-4-6-12(15)7-5-11/h2,4-7H,1,3,8-10H2,(H,16,17). The molecule has 2 rings (SSSR count). The number of carbonyl (C=O) groups is 1. The molecule has 0 unspecified atom stereocenters. The number of benzene rings is 1. The van der Waals surface area contributed by atoms with Crippen LogP contribution in [0, 0.1) is 0 Å². The van der Waals surface area contributed by atoms with E-state index in [1.54, 1.807) is 6.08 Å². The first kappa shape index (κ1) is 12.2. The summed E-state index contributed by atoms with van der Waals surface area (Å²) >= 11 is 5.87. The molecule has 0 atom stereocenters. The summed E-state index contributed by atoms with van der Waals surface area (Å²) in [6.45, 7) is 4.13. The quantitative estimate of drug-likeness (QED) is 0.817. The van der Waals surface area contributed by atoms with E-state index in [2.05, 4.69) is 11.9 Å². The Labute approximate surface area is 107 Å². The van der Waals surface area contributed by atoms with Crippen molar-refractivity contribution < 1.29 is 4.79 Å². The van der Waals surface area contributed by atoms with E-state index in [-0.39, 0.29) is 11.3 Å². The van der Waals surface area contributed by atoms with Gasteiger partial charge in [0.2, 0.25) is 5.91 Å². The van der Waals surface area contributed by atoms with E-state index in [1.807, 2.05) is 24.3 Å². The maximum Gasteiger partial charge on any atom is 0.230 e. The molecule has 1 aromatic rings. The molecule has 1 N–H and O–H groups in total. The Hall–Kier alpha value is -1.28. The molecule has 0 spiro atoms. The summed E-state index contributed by atoms with van der Waals surface area (Å²) in [6, 6.07) is 7.60. The van der Waals surface area contributed by atoms with E-state index in [1.165, 1.54) is 0 Å². The van der Waals surface area contributed by atoms with E-state index in [4.69, 9.17) is 11.6 Å². The van der Waals surface area contributed by atoms with Crippen molar-refractivity contribution in [2.75, 3.05) is 6.54 Å². The second kappa shape index (κ2) is 4.92. The summed E-state index contributed by atoms with van der Waals surface area (Å²) in [5.41, 5.74) is 0.725. The molecule has 1 fully saturated rings. The topological polar surface area (TPSA) is 29.1 Å². The third-order valence-corrected chi connectivity index (χ3v) is 3.70. The fraction of sp³-hybridized carbons (Fsp3) is 0.357. The zero-order valence-electron chi connectivity index (χ0n) is 9.71. The lowest BCUT2D eigenvalue weighted by Crippen LogP contribution is -2.49. The highest BCUT2D eigenvalue weighted by atomic mass is 35.5. The number of nitrogens with one attached hydrogen (secondary N) is 1. The van der Waals surface area contributed by atoms with Crippen molar-refractivity contribution >= 4 is 17.5 Å². The largest absolute Gasteiger partial charge is 0.352 e. The molecule has 0 saturated heterocycles. The van der Waals surface area contributed by atoms with Crippen LogP contribution in [-0.4, -0.2) is 12.5 Å². The Morgan fingerprint density at radius 2 is 2.06 bits per heavy atom. The first-order valence-electron chi connectivity index (χ1n) is 5.84. The minimum absolute atomic E-state index is 0.103. The SMILES string of the molecule is C=CCNC(=O)C1(c2ccc(Cl)cc2)CCC1. The average molecular weight is 250 g/mol. The third kappa shape index (κ3) is 2.22. The molecule has 3 heteroatoms. The monoisotopic (exact) mass is 249 g/mol. The molecule has 1 aliphatic rings. The van der Waals surface area contributed by atoms with Gasteiger partial charge in [-0.25, -0.2) is 0 Å². The second-order valence-electron chi connectivity index (χ2n) is 4.44. The predicted octanol–water partition coefficient (Wildman–Crippen LogP) is 3.06. The van der Waals surface area contributed by atoms with Gasteiger partial charge in [0, 0.05) is 11.6 Å². The molecule has 0 bridgehead atoms. The number of carbonyl (C=O) groups excluding carboxylic acids is 1. The van der Waals surface area contributed by atoms with Crippen LogP contribution < -0.4 is 5.32 Å². The van der Waals surface area contributed by atoms with Gasteiger partial charge < -0.3 is 5.32 Å². The van der Waals surface area contributed by atoms with E-state index >= 15 is 0 Å². The van der Waals surface area contributed by atoms with Crippen LogP contribution in [0.5, 0.6) is 0 Å². The molecular formula is C14H16ClNO. The van der Waals surface area contributed by atoms with Gasteiger partial charge in [-0.1, -0.05) is 36.2 Å². The Morgan fingerprint density at radius 1 is 1.41 bits per heavy atom. The van der Waals surface area contributed by atoms with Gasteiger partial charge in [0.25, 0.3) is 0 Å². The number of hydrogen-bond acceptors (Lipinski definition) is 1. The smallest absolute Gasteiger partial charge is 0.230 e. The van der Waals surface area contributed by atoms with Gasteiger partial charge in [-0.2, -0.15) is 0 Å². The van der Waals surface area contributed by atoms with Crippen LogP contribution in [0.1, 0.15) is 24.8 Å².